The highest BCUT2D eigenvalue weighted by atomic mass is 32.1. The second-order valence-electron chi connectivity index (χ2n) is 6.06. The molecule has 0 aliphatic carbocycles. The average molecular weight is 360 g/mol. The highest BCUT2D eigenvalue weighted by molar-refractivity contribution is 7.51. The molecule has 1 N–H and O–H groups in total. The van der Waals surface area contributed by atoms with Crippen LogP contribution in [0.5, 0.6) is 5.75 Å². The second kappa shape index (κ2) is 9.96. The van der Waals surface area contributed by atoms with E-state index in [-0.39, 0.29) is 6.10 Å². The Morgan fingerprint density at radius 1 is 1.20 bits per heavy atom. The first-order valence-electron chi connectivity index (χ1n) is 8.30. The molecule has 6 heteroatoms. The summed E-state index contributed by atoms with van der Waals surface area (Å²) in [6.07, 6.45) is 1.34. The van der Waals surface area contributed by atoms with Crippen LogP contribution >= 0.6 is 0 Å². The summed E-state index contributed by atoms with van der Waals surface area (Å²) in [5.74, 6) is 0.975. The van der Waals surface area contributed by atoms with Crippen molar-refractivity contribution in [1.82, 2.24) is 5.32 Å². The quantitative estimate of drug-likeness (QED) is 0.888. The minimum absolute atomic E-state index is 0.270. The fourth-order valence-corrected chi connectivity index (χ4v) is 2.94. The molecular weight excluding hydrogens is 336 g/mol. The maximum atomic E-state index is 8.29. The Hall–Kier alpha value is -2.18. The van der Waals surface area contributed by atoms with E-state index in [4.69, 9.17) is 13.2 Å². The Bertz CT molecular complexity index is 700. The molecule has 0 amide bonds. The van der Waals surface area contributed by atoms with E-state index in [1.807, 2.05) is 13.1 Å². The summed E-state index contributed by atoms with van der Waals surface area (Å²) in [5.41, 5.74) is 3.85. The lowest BCUT2D eigenvalue weighted by molar-refractivity contribution is 0.225. The van der Waals surface area contributed by atoms with Crippen LogP contribution in [-0.2, 0) is 18.1 Å². The summed E-state index contributed by atoms with van der Waals surface area (Å²) < 4.78 is 22.8. The fourth-order valence-electron chi connectivity index (χ4n) is 2.94. The molecule has 134 valence electrons. The molecule has 1 aliphatic heterocycles. The third-order valence-corrected chi connectivity index (χ3v) is 4.13. The van der Waals surface area contributed by atoms with E-state index >= 15 is 0 Å². The molecule has 2 aromatic rings. The highest BCUT2D eigenvalue weighted by Crippen LogP contribution is 2.24. The smallest absolute Gasteiger partial charge is 0.335 e. The lowest BCUT2D eigenvalue weighted by Crippen LogP contribution is -2.24. The van der Waals surface area contributed by atoms with Crippen molar-refractivity contribution in [2.45, 2.75) is 26.0 Å². The number of rotatable bonds is 5. The lowest BCUT2D eigenvalue weighted by Gasteiger charge is -2.19. The van der Waals surface area contributed by atoms with Gasteiger partial charge in [-0.25, -0.2) is 0 Å². The van der Waals surface area contributed by atoms with Crippen LogP contribution in [0.3, 0.4) is 0 Å². The van der Waals surface area contributed by atoms with E-state index < -0.39 is 11.6 Å². The summed E-state index contributed by atoms with van der Waals surface area (Å²) in [6, 6.07) is 17.1. The number of benzene rings is 2. The maximum Gasteiger partial charge on any atom is 0.335 e. The number of ether oxygens (including phenoxy) is 1. The number of hydrogen-bond donors (Lipinski definition) is 1. The third-order valence-electron chi connectivity index (χ3n) is 4.13. The van der Waals surface area contributed by atoms with Gasteiger partial charge in [-0.1, -0.05) is 29.8 Å². The van der Waals surface area contributed by atoms with Gasteiger partial charge in [0.2, 0.25) is 0 Å². The molecule has 1 heterocycles. The van der Waals surface area contributed by atoms with E-state index in [9.17, 15) is 0 Å². The van der Waals surface area contributed by atoms with Crippen molar-refractivity contribution in [3.05, 3.63) is 59.7 Å². The Kier molecular flexibility index (Phi) is 7.63. The van der Waals surface area contributed by atoms with Crippen molar-refractivity contribution >= 4 is 17.3 Å². The molecule has 0 unspecified atom stereocenters. The zero-order chi connectivity index (χ0) is 18.1. The summed E-state index contributed by atoms with van der Waals surface area (Å²) in [4.78, 5) is 2.40. The van der Waals surface area contributed by atoms with Crippen molar-refractivity contribution < 1.29 is 13.2 Å². The Labute approximate surface area is 152 Å². The van der Waals surface area contributed by atoms with Gasteiger partial charge in [0.15, 0.2) is 0 Å². The first-order chi connectivity index (χ1) is 12.2. The molecule has 5 nitrogen and oxygen atoms in total. The largest absolute Gasteiger partial charge is 0.489 e. The van der Waals surface area contributed by atoms with Gasteiger partial charge in [-0.05, 0) is 43.8 Å². The van der Waals surface area contributed by atoms with Gasteiger partial charge >= 0.3 is 11.6 Å². The van der Waals surface area contributed by atoms with Gasteiger partial charge in [-0.3, -0.25) is 0 Å². The van der Waals surface area contributed by atoms with E-state index in [0.29, 0.717) is 0 Å². The van der Waals surface area contributed by atoms with Crippen LogP contribution < -0.4 is 15.0 Å². The van der Waals surface area contributed by atoms with E-state index in [1.54, 1.807) is 0 Å². The number of hydrogen-bond acceptors (Lipinski definition) is 5. The van der Waals surface area contributed by atoms with Gasteiger partial charge in [-0.15, -0.1) is 0 Å². The normalized spacial score (nSPS) is 16.1. The minimum Gasteiger partial charge on any atom is -0.489 e. The van der Waals surface area contributed by atoms with E-state index in [2.05, 4.69) is 59.6 Å². The molecule has 1 saturated heterocycles. The van der Waals surface area contributed by atoms with Crippen LogP contribution in [0.4, 0.5) is 5.69 Å². The zero-order valence-corrected chi connectivity index (χ0v) is 15.4. The molecule has 1 fully saturated rings. The topological polar surface area (TPSA) is 58.6 Å². The highest BCUT2D eigenvalue weighted by Gasteiger charge is 2.24. The van der Waals surface area contributed by atoms with Crippen molar-refractivity contribution in [2.24, 2.45) is 0 Å². The van der Waals surface area contributed by atoms with Gasteiger partial charge in [0, 0.05) is 25.2 Å². The number of nitrogens with zero attached hydrogens (tertiary/aromatic N) is 1. The lowest BCUT2D eigenvalue weighted by atomic mass is 10.2. The SMILES string of the molecule is CNCc1cccc(O[C@H]2CCN(c3ccc(C)cc3)C2)c1.O=S=O. The first-order valence-corrected chi connectivity index (χ1v) is 8.96. The molecule has 25 heavy (non-hydrogen) atoms. The number of nitrogens with one attached hydrogen (secondary N) is 1. The molecule has 2 aromatic carbocycles. The van der Waals surface area contributed by atoms with Crippen LogP contribution in [0.25, 0.3) is 0 Å². The minimum atomic E-state index is -0.750. The van der Waals surface area contributed by atoms with Crippen LogP contribution in [0.2, 0.25) is 0 Å². The van der Waals surface area contributed by atoms with Crippen molar-refractivity contribution in [3.8, 4) is 5.75 Å². The average Bonchev–Trinajstić information content (AvgIpc) is 3.05. The van der Waals surface area contributed by atoms with Crippen LogP contribution in [0.1, 0.15) is 17.5 Å². The zero-order valence-electron chi connectivity index (χ0n) is 14.6. The van der Waals surface area contributed by atoms with Crippen LogP contribution in [0.15, 0.2) is 48.5 Å². The summed E-state index contributed by atoms with van der Waals surface area (Å²) in [6.45, 7) is 5.01. The summed E-state index contributed by atoms with van der Waals surface area (Å²) in [5, 5.41) is 3.17. The van der Waals surface area contributed by atoms with Gasteiger partial charge in [0.25, 0.3) is 0 Å². The van der Waals surface area contributed by atoms with E-state index in [1.165, 1.54) is 16.8 Å². The molecule has 3 rings (SSSR count). The Morgan fingerprint density at radius 3 is 2.60 bits per heavy atom. The predicted octanol–water partition coefficient (Wildman–Crippen LogP) is 2.70. The Balaban J connectivity index is 0.000000701. The molecular formula is C19H24N2O3S. The van der Waals surface area contributed by atoms with Gasteiger partial charge < -0.3 is 15.0 Å². The van der Waals surface area contributed by atoms with Gasteiger partial charge in [-0.2, -0.15) is 8.42 Å². The molecule has 0 bridgehead atoms. The molecule has 0 saturated carbocycles. The van der Waals surface area contributed by atoms with Gasteiger partial charge in [0.1, 0.15) is 11.9 Å². The molecule has 1 atom stereocenters. The van der Waals surface area contributed by atoms with Crippen molar-refractivity contribution in [3.63, 3.8) is 0 Å². The van der Waals surface area contributed by atoms with Crippen molar-refractivity contribution in [2.75, 3.05) is 25.0 Å². The van der Waals surface area contributed by atoms with Crippen LogP contribution in [0, 0.1) is 6.92 Å². The Morgan fingerprint density at radius 2 is 1.92 bits per heavy atom. The van der Waals surface area contributed by atoms with Crippen LogP contribution in [-0.4, -0.2) is 34.7 Å². The van der Waals surface area contributed by atoms with Crippen molar-refractivity contribution in [1.29, 1.82) is 0 Å². The molecule has 1 aliphatic rings. The standard InChI is InChI=1S/C19H24N2O.O2S/c1-15-6-8-17(9-7-15)21-11-10-19(14-21)22-18-5-3-4-16(12-18)13-20-2;1-3-2/h3-9,12,19-20H,10-11,13-14H2,1-2H3;/t19-;/m0./s1. The number of anilines is 1. The van der Waals surface area contributed by atoms with Gasteiger partial charge in [0.05, 0.1) is 6.54 Å². The summed E-state index contributed by atoms with van der Waals surface area (Å²) in [7, 11) is 1.96. The fraction of sp³-hybridized carbons (Fsp3) is 0.368. The monoisotopic (exact) mass is 360 g/mol. The predicted molar refractivity (Wildman–Crippen MR) is 101 cm³/mol. The number of aryl methyl sites for hydroxylation is 1. The molecule has 0 spiro atoms. The molecule has 0 aromatic heterocycles. The third kappa shape index (κ3) is 5.99. The maximum absolute atomic E-state index is 8.29. The summed E-state index contributed by atoms with van der Waals surface area (Å²) >= 11 is -0.750. The second-order valence-corrected chi connectivity index (χ2v) is 6.19. The first kappa shape index (κ1) is 19.1. The molecule has 0 radical (unpaired) electrons. The van der Waals surface area contributed by atoms with E-state index in [0.717, 1.165) is 31.8 Å².